The topological polar surface area (TPSA) is 77.0 Å². The SMILES string of the molecule is CCCCCCCCCCCCCCCCCCCCCCCCCC(=O)N[C@@H](CO)C(O[Si](C)(C)C(C)(C)C)[C@@H](COCCC1CCCCC1)O[Si](C)(C)C(C)(C)C. The van der Waals surface area contributed by atoms with E-state index in [0.717, 1.165) is 25.2 Å². The summed E-state index contributed by atoms with van der Waals surface area (Å²) >= 11 is 0. The standard InChI is InChI=1S/C51H105NO5Si2/c1-12-13-14-15-16-17-18-19-20-21-22-23-24-25-26-27-28-29-30-31-32-33-37-40-48(54)52-46(43-53)49(57-59(10,11)51(5,6)7)47(56-58(8,9)50(2,3)4)44-55-42-41-45-38-35-34-36-39-45/h45-47,49,53H,12-44H2,1-11H3,(H,52,54)/t46-,47+,49?/m0/s1. The zero-order valence-corrected chi connectivity index (χ0v) is 43.7. The van der Waals surface area contributed by atoms with Crippen molar-refractivity contribution in [3.63, 3.8) is 0 Å². The molecule has 1 rings (SSSR count). The van der Waals surface area contributed by atoms with Gasteiger partial charge in [-0.1, -0.05) is 222 Å². The Morgan fingerprint density at radius 2 is 1.00 bits per heavy atom. The molecule has 0 aromatic heterocycles. The molecular formula is C51H105NO5Si2. The van der Waals surface area contributed by atoms with E-state index in [1.165, 1.54) is 167 Å². The molecule has 0 spiro atoms. The molecule has 1 fully saturated rings. The van der Waals surface area contributed by atoms with Crippen molar-refractivity contribution in [3.8, 4) is 0 Å². The molecule has 1 amide bonds. The number of unbranched alkanes of at least 4 members (excludes halogenated alkanes) is 22. The van der Waals surface area contributed by atoms with Crippen LogP contribution in [-0.4, -0.2) is 65.7 Å². The molecule has 0 bridgehead atoms. The summed E-state index contributed by atoms with van der Waals surface area (Å²) in [6, 6.07) is -0.558. The van der Waals surface area contributed by atoms with Crippen LogP contribution < -0.4 is 5.32 Å². The summed E-state index contributed by atoms with van der Waals surface area (Å²) in [5.74, 6) is 0.751. The highest BCUT2D eigenvalue weighted by atomic mass is 28.4. The van der Waals surface area contributed by atoms with Gasteiger partial charge in [0.2, 0.25) is 5.91 Å². The normalized spacial score (nSPS) is 16.3. The van der Waals surface area contributed by atoms with Crippen LogP contribution in [0.25, 0.3) is 0 Å². The van der Waals surface area contributed by atoms with E-state index in [0.29, 0.717) is 19.6 Å². The van der Waals surface area contributed by atoms with E-state index in [9.17, 15) is 9.90 Å². The molecule has 0 heterocycles. The Bertz CT molecular complexity index is 1000. The van der Waals surface area contributed by atoms with E-state index >= 15 is 0 Å². The Morgan fingerprint density at radius 1 is 0.610 bits per heavy atom. The average molecular weight is 869 g/mol. The van der Waals surface area contributed by atoms with Gasteiger partial charge < -0.3 is 24.0 Å². The van der Waals surface area contributed by atoms with Gasteiger partial charge in [0.1, 0.15) is 0 Å². The first kappa shape index (κ1) is 56.8. The summed E-state index contributed by atoms with van der Waals surface area (Å²) in [4.78, 5) is 13.5. The molecule has 0 saturated heterocycles. The van der Waals surface area contributed by atoms with E-state index in [4.69, 9.17) is 13.6 Å². The minimum Gasteiger partial charge on any atom is -0.409 e. The van der Waals surface area contributed by atoms with Crippen molar-refractivity contribution in [1.82, 2.24) is 5.32 Å². The Balaban J connectivity index is 2.48. The lowest BCUT2D eigenvalue weighted by Crippen LogP contribution is -2.60. The Kier molecular flexibility index (Phi) is 31.2. The van der Waals surface area contributed by atoms with Crippen molar-refractivity contribution in [2.45, 2.75) is 296 Å². The maximum atomic E-state index is 13.5. The first-order valence-electron chi connectivity index (χ1n) is 25.8. The molecule has 59 heavy (non-hydrogen) atoms. The third-order valence-corrected chi connectivity index (χ3v) is 23.5. The Hall–Kier alpha value is -0.256. The molecular weight excluding hydrogens is 763 g/mol. The fourth-order valence-corrected chi connectivity index (χ4v) is 10.9. The average Bonchev–Trinajstić information content (AvgIpc) is 3.17. The molecule has 0 radical (unpaired) electrons. The number of ether oxygens (including phenoxy) is 1. The number of carbonyl (C=O) groups is 1. The third-order valence-electron chi connectivity index (χ3n) is 14.5. The van der Waals surface area contributed by atoms with E-state index in [2.05, 4.69) is 80.0 Å². The minimum absolute atomic E-state index is 0.000623. The summed E-state index contributed by atoms with van der Waals surface area (Å²) < 4.78 is 20.8. The molecule has 1 aliphatic carbocycles. The van der Waals surface area contributed by atoms with Crippen molar-refractivity contribution in [1.29, 1.82) is 0 Å². The quantitative estimate of drug-likeness (QED) is 0.0480. The highest BCUT2D eigenvalue weighted by molar-refractivity contribution is 6.74. The van der Waals surface area contributed by atoms with Gasteiger partial charge >= 0.3 is 0 Å². The largest absolute Gasteiger partial charge is 0.409 e. The van der Waals surface area contributed by atoms with Gasteiger partial charge in [0.15, 0.2) is 16.6 Å². The van der Waals surface area contributed by atoms with E-state index in [-0.39, 0.29) is 28.7 Å². The van der Waals surface area contributed by atoms with Crippen LogP contribution in [0.15, 0.2) is 0 Å². The van der Waals surface area contributed by atoms with Gasteiger partial charge in [-0.05, 0) is 55.0 Å². The molecule has 8 heteroatoms. The van der Waals surface area contributed by atoms with E-state index in [1.54, 1.807) is 0 Å². The van der Waals surface area contributed by atoms with Crippen molar-refractivity contribution in [3.05, 3.63) is 0 Å². The highest BCUT2D eigenvalue weighted by Crippen LogP contribution is 2.41. The van der Waals surface area contributed by atoms with Crippen LogP contribution in [0.1, 0.15) is 241 Å². The molecule has 0 aromatic rings. The van der Waals surface area contributed by atoms with Crippen molar-refractivity contribution in [2.75, 3.05) is 19.8 Å². The predicted molar refractivity (Wildman–Crippen MR) is 262 cm³/mol. The number of aliphatic hydroxyl groups excluding tert-OH is 1. The summed E-state index contributed by atoms with van der Waals surface area (Å²) in [5, 5.41) is 14.1. The smallest absolute Gasteiger partial charge is 0.220 e. The molecule has 0 aliphatic heterocycles. The predicted octanol–water partition coefficient (Wildman–Crippen LogP) is 15.6. The maximum Gasteiger partial charge on any atom is 0.220 e. The summed E-state index contributed by atoms with van der Waals surface area (Å²) in [5.41, 5.74) is 0. The minimum atomic E-state index is -2.31. The molecule has 6 nitrogen and oxygen atoms in total. The first-order chi connectivity index (χ1) is 27.9. The summed E-state index contributed by atoms with van der Waals surface area (Å²) in [7, 11) is -4.56. The second kappa shape index (κ2) is 32.4. The van der Waals surface area contributed by atoms with Crippen molar-refractivity contribution >= 4 is 22.5 Å². The second-order valence-corrected chi connectivity index (χ2v) is 31.5. The van der Waals surface area contributed by atoms with Gasteiger partial charge in [0.25, 0.3) is 0 Å². The van der Waals surface area contributed by atoms with Crippen molar-refractivity contribution in [2.24, 2.45) is 5.92 Å². The van der Waals surface area contributed by atoms with Gasteiger partial charge in [-0.3, -0.25) is 4.79 Å². The third kappa shape index (κ3) is 26.9. The lowest BCUT2D eigenvalue weighted by atomic mass is 9.87. The molecule has 1 saturated carbocycles. The Morgan fingerprint density at radius 3 is 1.39 bits per heavy atom. The molecule has 1 aliphatic rings. The van der Waals surface area contributed by atoms with Crippen LogP contribution in [0.3, 0.4) is 0 Å². The fourth-order valence-electron chi connectivity index (χ4n) is 8.19. The van der Waals surface area contributed by atoms with E-state index < -0.39 is 28.8 Å². The van der Waals surface area contributed by atoms with Gasteiger partial charge in [-0.2, -0.15) is 0 Å². The first-order valence-corrected chi connectivity index (χ1v) is 31.6. The van der Waals surface area contributed by atoms with Gasteiger partial charge in [0, 0.05) is 13.0 Å². The van der Waals surface area contributed by atoms with Gasteiger partial charge in [0.05, 0.1) is 31.5 Å². The molecule has 2 N–H and O–H groups in total. The molecule has 1 unspecified atom stereocenters. The molecule has 352 valence electrons. The summed E-state index contributed by atoms with van der Waals surface area (Å²) in [6.45, 7) is 25.8. The number of hydrogen-bond acceptors (Lipinski definition) is 5. The molecule has 3 atom stereocenters. The monoisotopic (exact) mass is 868 g/mol. The van der Waals surface area contributed by atoms with E-state index in [1.807, 2.05) is 0 Å². The Labute approximate surface area is 371 Å². The molecule has 0 aromatic carbocycles. The number of aliphatic hydroxyl groups is 1. The van der Waals surface area contributed by atoms with Crippen molar-refractivity contribution < 1.29 is 23.5 Å². The van der Waals surface area contributed by atoms with Gasteiger partial charge in [-0.15, -0.1) is 0 Å². The number of amides is 1. The van der Waals surface area contributed by atoms with Crippen LogP contribution in [0, 0.1) is 5.92 Å². The number of hydrogen-bond donors (Lipinski definition) is 2. The van der Waals surface area contributed by atoms with Crippen LogP contribution in [-0.2, 0) is 18.4 Å². The second-order valence-electron chi connectivity index (χ2n) is 22.0. The number of carbonyl (C=O) groups excluding carboxylic acids is 1. The van der Waals surface area contributed by atoms with Crippen LogP contribution in [0.4, 0.5) is 0 Å². The van der Waals surface area contributed by atoms with Crippen LogP contribution in [0.2, 0.25) is 36.3 Å². The maximum absolute atomic E-state index is 13.5. The van der Waals surface area contributed by atoms with Crippen LogP contribution >= 0.6 is 0 Å². The van der Waals surface area contributed by atoms with Crippen LogP contribution in [0.5, 0.6) is 0 Å². The lowest BCUT2D eigenvalue weighted by Gasteiger charge is -2.46. The lowest BCUT2D eigenvalue weighted by molar-refractivity contribution is -0.124. The van der Waals surface area contributed by atoms with Gasteiger partial charge in [-0.25, -0.2) is 0 Å². The summed E-state index contributed by atoms with van der Waals surface area (Å²) in [6.07, 6.45) is 38.6. The zero-order chi connectivity index (χ0) is 44.0. The number of nitrogens with one attached hydrogen (secondary N) is 1. The number of rotatable bonds is 37. The zero-order valence-electron chi connectivity index (χ0n) is 41.7. The fraction of sp³-hybridized carbons (Fsp3) is 0.980. The highest BCUT2D eigenvalue weighted by Gasteiger charge is 2.47.